The largest absolute Gasteiger partial charge is 0.392 e. The van der Waals surface area contributed by atoms with Crippen LogP contribution in [0.15, 0.2) is 24.3 Å². The molecule has 2 rings (SSSR count). The van der Waals surface area contributed by atoms with Crippen LogP contribution < -0.4 is 5.32 Å². The summed E-state index contributed by atoms with van der Waals surface area (Å²) in [6, 6.07) is 8.67. The first-order valence-corrected chi connectivity index (χ1v) is 6.15. The average molecular weight is 219 g/mol. The predicted molar refractivity (Wildman–Crippen MR) is 67.3 cm³/mol. The summed E-state index contributed by atoms with van der Waals surface area (Å²) in [5.74, 6) is 1.69. The number of benzene rings is 1. The minimum absolute atomic E-state index is 0.120. The van der Waals surface area contributed by atoms with E-state index in [9.17, 15) is 0 Å². The van der Waals surface area contributed by atoms with Crippen LogP contribution in [0.4, 0.5) is 5.69 Å². The zero-order valence-corrected chi connectivity index (χ0v) is 10.1. The van der Waals surface area contributed by atoms with Crippen molar-refractivity contribution in [3.05, 3.63) is 29.8 Å². The van der Waals surface area contributed by atoms with Crippen molar-refractivity contribution in [2.45, 2.75) is 39.3 Å². The summed E-state index contributed by atoms with van der Waals surface area (Å²) in [5.41, 5.74) is 2.11. The second-order valence-corrected chi connectivity index (χ2v) is 5.18. The monoisotopic (exact) mass is 219 g/mol. The van der Waals surface area contributed by atoms with Crippen LogP contribution in [0.3, 0.4) is 0 Å². The third-order valence-electron chi connectivity index (χ3n) is 3.60. The van der Waals surface area contributed by atoms with Gasteiger partial charge in [-0.2, -0.15) is 0 Å². The highest BCUT2D eigenvalue weighted by atomic mass is 16.3. The number of hydrogen-bond donors (Lipinski definition) is 2. The summed E-state index contributed by atoms with van der Waals surface area (Å²) in [7, 11) is 0. The van der Waals surface area contributed by atoms with Crippen molar-refractivity contribution < 1.29 is 5.11 Å². The minimum atomic E-state index is 0.120. The minimum Gasteiger partial charge on any atom is -0.392 e. The standard InChI is InChI=1S/C14H21NO/c1-10(2)12-7-14(8-12)15-13-5-3-4-11(6-13)9-16/h3-6,10,12,14-16H,7-9H2,1-2H3. The fourth-order valence-corrected chi connectivity index (χ4v) is 2.32. The van der Waals surface area contributed by atoms with Gasteiger partial charge in [-0.15, -0.1) is 0 Å². The first-order chi connectivity index (χ1) is 7.69. The van der Waals surface area contributed by atoms with Crippen molar-refractivity contribution in [2.75, 3.05) is 5.32 Å². The SMILES string of the molecule is CC(C)C1CC(Nc2cccc(CO)c2)C1. The number of anilines is 1. The number of nitrogens with one attached hydrogen (secondary N) is 1. The molecule has 0 spiro atoms. The molecule has 2 nitrogen and oxygen atoms in total. The zero-order valence-electron chi connectivity index (χ0n) is 10.1. The van der Waals surface area contributed by atoms with Gasteiger partial charge in [-0.05, 0) is 42.4 Å². The smallest absolute Gasteiger partial charge is 0.0682 e. The van der Waals surface area contributed by atoms with Gasteiger partial charge < -0.3 is 10.4 Å². The Hall–Kier alpha value is -1.02. The van der Waals surface area contributed by atoms with Crippen LogP contribution in [-0.4, -0.2) is 11.1 Å². The molecule has 1 aromatic rings. The highest BCUT2D eigenvalue weighted by Crippen LogP contribution is 2.35. The number of hydrogen-bond acceptors (Lipinski definition) is 2. The van der Waals surface area contributed by atoms with Crippen LogP contribution in [0.1, 0.15) is 32.3 Å². The van der Waals surface area contributed by atoms with E-state index in [2.05, 4.69) is 25.2 Å². The Balaban J connectivity index is 1.86. The number of rotatable bonds is 4. The van der Waals surface area contributed by atoms with Crippen LogP contribution in [0.25, 0.3) is 0 Å². The van der Waals surface area contributed by atoms with Crippen LogP contribution in [-0.2, 0) is 6.61 Å². The maximum absolute atomic E-state index is 9.05. The molecule has 0 atom stereocenters. The van der Waals surface area contributed by atoms with E-state index in [1.165, 1.54) is 12.8 Å². The maximum atomic E-state index is 9.05. The lowest BCUT2D eigenvalue weighted by Gasteiger charge is -2.39. The van der Waals surface area contributed by atoms with Gasteiger partial charge in [0, 0.05) is 11.7 Å². The molecular formula is C14H21NO. The summed E-state index contributed by atoms with van der Waals surface area (Å²) < 4.78 is 0. The molecule has 1 saturated carbocycles. The molecular weight excluding hydrogens is 198 g/mol. The molecule has 0 radical (unpaired) electrons. The van der Waals surface area contributed by atoms with Gasteiger partial charge in [0.2, 0.25) is 0 Å². The van der Waals surface area contributed by atoms with Crippen LogP contribution in [0.2, 0.25) is 0 Å². The molecule has 0 heterocycles. The van der Waals surface area contributed by atoms with Gasteiger partial charge in [0.15, 0.2) is 0 Å². The van der Waals surface area contributed by atoms with E-state index in [4.69, 9.17) is 5.11 Å². The van der Waals surface area contributed by atoms with Gasteiger partial charge in [-0.1, -0.05) is 26.0 Å². The zero-order chi connectivity index (χ0) is 11.5. The molecule has 1 aliphatic carbocycles. The van der Waals surface area contributed by atoms with Gasteiger partial charge in [0.05, 0.1) is 6.61 Å². The van der Waals surface area contributed by atoms with Gasteiger partial charge in [-0.3, -0.25) is 0 Å². The van der Waals surface area contributed by atoms with Gasteiger partial charge >= 0.3 is 0 Å². The van der Waals surface area contributed by atoms with E-state index in [1.54, 1.807) is 0 Å². The highest BCUT2D eigenvalue weighted by molar-refractivity contribution is 5.46. The predicted octanol–water partition coefficient (Wildman–Crippen LogP) is 3.03. The molecule has 16 heavy (non-hydrogen) atoms. The molecule has 2 N–H and O–H groups in total. The lowest BCUT2D eigenvalue weighted by Crippen LogP contribution is -2.37. The molecule has 0 aliphatic heterocycles. The summed E-state index contributed by atoms with van der Waals surface area (Å²) in [6.07, 6.45) is 2.56. The Bertz CT molecular complexity index is 342. The van der Waals surface area contributed by atoms with Gasteiger partial charge in [0.1, 0.15) is 0 Å². The van der Waals surface area contributed by atoms with E-state index in [-0.39, 0.29) is 6.61 Å². The molecule has 1 fully saturated rings. The second-order valence-electron chi connectivity index (χ2n) is 5.18. The lowest BCUT2D eigenvalue weighted by atomic mass is 9.73. The highest BCUT2D eigenvalue weighted by Gasteiger charge is 2.30. The summed E-state index contributed by atoms with van der Waals surface area (Å²) >= 11 is 0. The fraction of sp³-hybridized carbons (Fsp3) is 0.571. The number of aliphatic hydroxyl groups is 1. The molecule has 0 amide bonds. The molecule has 0 bridgehead atoms. The second kappa shape index (κ2) is 4.88. The maximum Gasteiger partial charge on any atom is 0.0682 e. The Labute approximate surface area is 97.7 Å². The van der Waals surface area contributed by atoms with E-state index in [0.717, 1.165) is 23.1 Å². The van der Waals surface area contributed by atoms with Crippen molar-refractivity contribution in [1.29, 1.82) is 0 Å². The van der Waals surface area contributed by atoms with E-state index in [1.807, 2.05) is 18.2 Å². The van der Waals surface area contributed by atoms with Crippen molar-refractivity contribution in [3.8, 4) is 0 Å². The van der Waals surface area contributed by atoms with Crippen LogP contribution in [0.5, 0.6) is 0 Å². The van der Waals surface area contributed by atoms with Crippen molar-refractivity contribution >= 4 is 5.69 Å². The Morgan fingerprint density at radius 2 is 2.12 bits per heavy atom. The Morgan fingerprint density at radius 3 is 2.75 bits per heavy atom. The molecule has 1 aromatic carbocycles. The van der Waals surface area contributed by atoms with Crippen molar-refractivity contribution in [2.24, 2.45) is 11.8 Å². The molecule has 0 aromatic heterocycles. The van der Waals surface area contributed by atoms with Crippen molar-refractivity contribution in [1.82, 2.24) is 0 Å². The molecule has 2 heteroatoms. The van der Waals surface area contributed by atoms with E-state index < -0.39 is 0 Å². The Kier molecular flexibility index (Phi) is 3.49. The molecule has 88 valence electrons. The summed E-state index contributed by atoms with van der Waals surface area (Å²) in [4.78, 5) is 0. The average Bonchev–Trinajstić information content (AvgIpc) is 2.22. The fourth-order valence-electron chi connectivity index (χ4n) is 2.32. The first-order valence-electron chi connectivity index (χ1n) is 6.15. The van der Waals surface area contributed by atoms with Crippen molar-refractivity contribution in [3.63, 3.8) is 0 Å². The van der Waals surface area contributed by atoms with Gasteiger partial charge in [-0.25, -0.2) is 0 Å². The Morgan fingerprint density at radius 1 is 1.38 bits per heavy atom. The first kappa shape index (κ1) is 11.5. The molecule has 0 unspecified atom stereocenters. The molecule has 0 saturated heterocycles. The van der Waals surface area contributed by atoms with Crippen LogP contribution in [0, 0.1) is 11.8 Å². The summed E-state index contributed by atoms with van der Waals surface area (Å²) in [5, 5.41) is 12.6. The van der Waals surface area contributed by atoms with Crippen LogP contribution >= 0.6 is 0 Å². The topological polar surface area (TPSA) is 32.3 Å². The normalized spacial score (nSPS) is 24.2. The lowest BCUT2D eigenvalue weighted by molar-refractivity contribution is 0.212. The van der Waals surface area contributed by atoms with E-state index >= 15 is 0 Å². The summed E-state index contributed by atoms with van der Waals surface area (Å²) in [6.45, 7) is 4.72. The third kappa shape index (κ3) is 2.56. The quantitative estimate of drug-likeness (QED) is 0.816. The van der Waals surface area contributed by atoms with E-state index in [0.29, 0.717) is 6.04 Å². The van der Waals surface area contributed by atoms with Gasteiger partial charge in [0.25, 0.3) is 0 Å². The molecule has 1 aliphatic rings. The number of aliphatic hydroxyl groups excluding tert-OH is 1. The third-order valence-corrected chi connectivity index (χ3v) is 3.60.